The molecular weight excluding hydrogens is 516 g/mol. The summed E-state index contributed by atoms with van der Waals surface area (Å²) in [7, 11) is 0. The molecule has 17 heteroatoms. The number of hydrogen-bond donors (Lipinski definition) is 10. The molecule has 1 heterocycles. The van der Waals surface area contributed by atoms with Crippen LogP contribution >= 0.6 is 0 Å². The minimum atomic E-state index is -1.38. The molecule has 4 unspecified atom stereocenters. The molecule has 1 aliphatic rings. The second-order valence-electron chi connectivity index (χ2n) is 9.00. The number of rotatable bonds is 18. The predicted octanol–water partition coefficient (Wildman–Crippen LogP) is -3.75. The minimum Gasteiger partial charge on any atom is -0.481 e. The summed E-state index contributed by atoms with van der Waals surface area (Å²) in [6.07, 6.45) is 1.26. The maximum Gasteiger partial charge on any atom is 0.326 e. The highest BCUT2D eigenvalue weighted by Crippen LogP contribution is 2.08. The molecule has 1 aliphatic heterocycles. The van der Waals surface area contributed by atoms with Gasteiger partial charge in [0.1, 0.15) is 18.1 Å². The Bertz CT molecular complexity index is 913. The average molecular weight is 557 g/mol. The Morgan fingerprint density at radius 1 is 0.795 bits per heavy atom. The number of amides is 3. The Kier molecular flexibility index (Phi) is 14.6. The summed E-state index contributed by atoms with van der Waals surface area (Å²) < 4.78 is 0. The third-order valence-electron chi connectivity index (χ3n) is 5.79. The lowest BCUT2D eigenvalue weighted by Crippen LogP contribution is -2.57. The lowest BCUT2D eigenvalue weighted by molar-refractivity contribution is -0.143. The van der Waals surface area contributed by atoms with E-state index in [4.69, 9.17) is 28.0 Å². The molecular formula is C22H40N10O7. The number of carbonyl (C=O) groups excluding carboxylic acids is 3. The minimum absolute atomic E-state index is 0.0185. The monoisotopic (exact) mass is 556 g/mol. The summed E-state index contributed by atoms with van der Waals surface area (Å²) in [6, 6.07) is -4.27. The molecule has 220 valence electrons. The lowest BCUT2D eigenvalue weighted by atomic mass is 10.1. The smallest absolute Gasteiger partial charge is 0.326 e. The normalized spacial score (nSPS) is 16.7. The van der Waals surface area contributed by atoms with Crippen LogP contribution in [0.1, 0.15) is 51.4 Å². The molecule has 3 amide bonds. The second kappa shape index (κ2) is 17.4. The number of carboxylic acid groups (broad SMARTS) is 2. The van der Waals surface area contributed by atoms with E-state index >= 15 is 0 Å². The molecule has 0 aromatic rings. The SMILES string of the molecule is NC(N)=NCCCC(NC(=O)C(CCC(=O)O)NC(=O)C(CCCN=C(N)N)NC(=O)C1CCCN1)C(=O)O. The van der Waals surface area contributed by atoms with Gasteiger partial charge in [-0.25, -0.2) is 4.79 Å². The highest BCUT2D eigenvalue weighted by Gasteiger charge is 2.31. The van der Waals surface area contributed by atoms with Crippen molar-refractivity contribution in [3.05, 3.63) is 0 Å². The molecule has 0 spiro atoms. The molecule has 1 saturated heterocycles. The summed E-state index contributed by atoms with van der Waals surface area (Å²) in [6.45, 7) is 0.985. The number of nitrogens with one attached hydrogen (secondary N) is 4. The third kappa shape index (κ3) is 13.8. The van der Waals surface area contributed by atoms with E-state index in [2.05, 4.69) is 31.3 Å². The number of nitrogens with two attached hydrogens (primary N) is 4. The van der Waals surface area contributed by atoms with Crippen LogP contribution in [-0.4, -0.2) is 95.6 Å². The Morgan fingerprint density at radius 2 is 1.31 bits per heavy atom. The summed E-state index contributed by atoms with van der Waals surface area (Å²) in [5, 5.41) is 29.1. The van der Waals surface area contributed by atoms with E-state index in [1.54, 1.807) is 0 Å². The molecule has 0 radical (unpaired) electrons. The Labute approximate surface area is 225 Å². The predicted molar refractivity (Wildman–Crippen MR) is 141 cm³/mol. The van der Waals surface area contributed by atoms with Crippen molar-refractivity contribution < 1.29 is 34.2 Å². The van der Waals surface area contributed by atoms with Crippen LogP contribution in [0.15, 0.2) is 9.98 Å². The van der Waals surface area contributed by atoms with Crippen molar-refractivity contribution >= 4 is 41.6 Å². The largest absolute Gasteiger partial charge is 0.481 e. The first-order chi connectivity index (χ1) is 18.4. The van der Waals surface area contributed by atoms with Crippen LogP contribution in [-0.2, 0) is 24.0 Å². The second-order valence-corrected chi connectivity index (χ2v) is 9.00. The van der Waals surface area contributed by atoms with Crippen LogP contribution in [0, 0.1) is 0 Å². The van der Waals surface area contributed by atoms with E-state index in [1.807, 2.05) is 0 Å². The van der Waals surface area contributed by atoms with Crippen LogP contribution in [0.2, 0.25) is 0 Å². The molecule has 17 nitrogen and oxygen atoms in total. The number of aliphatic imine (C=N–C) groups is 2. The first-order valence-corrected chi connectivity index (χ1v) is 12.6. The van der Waals surface area contributed by atoms with Crippen LogP contribution in [0.3, 0.4) is 0 Å². The van der Waals surface area contributed by atoms with Crippen LogP contribution < -0.4 is 44.2 Å². The van der Waals surface area contributed by atoms with E-state index in [-0.39, 0.29) is 50.7 Å². The molecule has 1 fully saturated rings. The zero-order chi connectivity index (χ0) is 29.4. The quantitative estimate of drug-likeness (QED) is 0.0442. The Balaban J connectivity index is 2.97. The van der Waals surface area contributed by atoms with Crippen LogP contribution in [0.25, 0.3) is 0 Å². The van der Waals surface area contributed by atoms with E-state index in [1.165, 1.54) is 0 Å². The molecule has 39 heavy (non-hydrogen) atoms. The van der Waals surface area contributed by atoms with Crippen molar-refractivity contribution in [1.82, 2.24) is 21.3 Å². The summed E-state index contributed by atoms with van der Waals surface area (Å²) in [5.41, 5.74) is 21.1. The van der Waals surface area contributed by atoms with E-state index < -0.39 is 60.2 Å². The molecule has 0 aliphatic carbocycles. The van der Waals surface area contributed by atoms with Gasteiger partial charge >= 0.3 is 11.9 Å². The molecule has 14 N–H and O–H groups in total. The van der Waals surface area contributed by atoms with Crippen LogP contribution in [0.5, 0.6) is 0 Å². The number of aliphatic carboxylic acids is 2. The highest BCUT2D eigenvalue weighted by molar-refractivity contribution is 5.94. The van der Waals surface area contributed by atoms with Gasteiger partial charge in [0.05, 0.1) is 6.04 Å². The van der Waals surface area contributed by atoms with E-state index in [0.29, 0.717) is 19.4 Å². The maximum atomic E-state index is 13.2. The standard InChI is InChI=1S/C22H40N10O7/c23-21(24)28-10-2-5-13(30-17(35)12-4-1-9-27-12)18(36)31-14(7-8-16(33)34)19(37)32-15(20(38)39)6-3-11-29-22(25)26/h12-15,27H,1-11H2,(H,30,35)(H,31,36)(H,32,37)(H,33,34)(H,38,39)(H4,23,24,28)(H4,25,26,29). The number of hydrogen-bond acceptors (Lipinski definition) is 8. The van der Waals surface area contributed by atoms with Gasteiger partial charge in [0, 0.05) is 19.5 Å². The molecule has 0 aromatic carbocycles. The fraction of sp³-hybridized carbons (Fsp3) is 0.682. The number of carbonyl (C=O) groups is 5. The average Bonchev–Trinajstić information content (AvgIpc) is 3.39. The molecule has 1 rings (SSSR count). The summed E-state index contributed by atoms with van der Waals surface area (Å²) in [5.74, 6) is -4.86. The van der Waals surface area contributed by atoms with E-state index in [9.17, 15) is 29.1 Å². The van der Waals surface area contributed by atoms with Crippen molar-refractivity contribution in [3.63, 3.8) is 0 Å². The first-order valence-electron chi connectivity index (χ1n) is 12.6. The number of carboxylic acids is 2. The van der Waals surface area contributed by atoms with Gasteiger partial charge < -0.3 is 54.4 Å². The van der Waals surface area contributed by atoms with Crippen LogP contribution in [0.4, 0.5) is 0 Å². The third-order valence-corrected chi connectivity index (χ3v) is 5.79. The van der Waals surface area contributed by atoms with Gasteiger partial charge in [-0.15, -0.1) is 0 Å². The number of guanidine groups is 2. The fourth-order valence-electron chi connectivity index (χ4n) is 3.80. The van der Waals surface area contributed by atoms with Crippen molar-refractivity contribution in [2.45, 2.75) is 75.5 Å². The van der Waals surface area contributed by atoms with Crippen molar-refractivity contribution in [2.24, 2.45) is 32.9 Å². The highest BCUT2D eigenvalue weighted by atomic mass is 16.4. The fourth-order valence-corrected chi connectivity index (χ4v) is 3.80. The zero-order valence-corrected chi connectivity index (χ0v) is 21.7. The Morgan fingerprint density at radius 3 is 1.77 bits per heavy atom. The molecule has 0 aromatic heterocycles. The first kappa shape index (κ1) is 32.9. The van der Waals surface area contributed by atoms with Gasteiger partial charge in [0.25, 0.3) is 0 Å². The van der Waals surface area contributed by atoms with E-state index in [0.717, 1.165) is 6.42 Å². The topological polar surface area (TPSA) is 303 Å². The summed E-state index contributed by atoms with van der Waals surface area (Å²) >= 11 is 0. The molecule has 0 saturated carbocycles. The van der Waals surface area contributed by atoms with Gasteiger partial charge in [0.15, 0.2) is 11.9 Å². The van der Waals surface area contributed by atoms with Gasteiger partial charge in [-0.2, -0.15) is 0 Å². The summed E-state index contributed by atoms with van der Waals surface area (Å²) in [4.78, 5) is 69.2. The van der Waals surface area contributed by atoms with Gasteiger partial charge in [-0.05, 0) is 51.5 Å². The van der Waals surface area contributed by atoms with Crippen molar-refractivity contribution in [2.75, 3.05) is 19.6 Å². The van der Waals surface area contributed by atoms with Gasteiger partial charge in [-0.3, -0.25) is 29.2 Å². The maximum absolute atomic E-state index is 13.2. The number of nitrogens with zero attached hydrogens (tertiary/aromatic N) is 2. The Hall–Kier alpha value is -4.15. The molecule has 0 bridgehead atoms. The van der Waals surface area contributed by atoms with Gasteiger partial charge in [-0.1, -0.05) is 0 Å². The lowest BCUT2D eigenvalue weighted by Gasteiger charge is -2.25. The van der Waals surface area contributed by atoms with Gasteiger partial charge in [0.2, 0.25) is 17.7 Å². The van der Waals surface area contributed by atoms with Crippen molar-refractivity contribution in [1.29, 1.82) is 0 Å². The zero-order valence-electron chi connectivity index (χ0n) is 21.7. The van der Waals surface area contributed by atoms with Crippen molar-refractivity contribution in [3.8, 4) is 0 Å². The molecule has 4 atom stereocenters.